The molecule has 0 bridgehead atoms. The molecule has 0 aliphatic carbocycles. The quantitative estimate of drug-likeness (QED) is 0.0728. The SMILES string of the molecule is CCCCCCCCCCCCCCCCCCCCCCCCCC=C(C)CCCCCCC(=O)O. The molecule has 0 fully saturated rings. The van der Waals surface area contributed by atoms with Gasteiger partial charge in [-0.2, -0.15) is 0 Å². The van der Waals surface area contributed by atoms with Crippen LogP contribution in [-0.4, -0.2) is 11.1 Å². The topological polar surface area (TPSA) is 37.3 Å². The molecule has 0 heterocycles. The molecule has 0 aliphatic heterocycles. The summed E-state index contributed by atoms with van der Waals surface area (Å²) >= 11 is 0. The van der Waals surface area contributed by atoms with Gasteiger partial charge in [-0.1, -0.05) is 173 Å². The molecule has 0 rings (SSSR count). The maximum absolute atomic E-state index is 10.5. The predicted molar refractivity (Wildman–Crippen MR) is 166 cm³/mol. The first-order valence-corrected chi connectivity index (χ1v) is 17.0. The van der Waals surface area contributed by atoms with E-state index in [2.05, 4.69) is 19.9 Å². The summed E-state index contributed by atoms with van der Waals surface area (Å²) < 4.78 is 0. The summed E-state index contributed by atoms with van der Waals surface area (Å²) in [5, 5.41) is 8.66. The summed E-state index contributed by atoms with van der Waals surface area (Å²) in [4.78, 5) is 10.5. The van der Waals surface area contributed by atoms with Gasteiger partial charge in [-0.15, -0.1) is 0 Å². The van der Waals surface area contributed by atoms with Crippen LogP contribution in [0.4, 0.5) is 0 Å². The first-order valence-electron chi connectivity index (χ1n) is 17.0. The molecule has 2 heteroatoms. The highest BCUT2D eigenvalue weighted by Crippen LogP contribution is 2.16. The van der Waals surface area contributed by atoms with Crippen LogP contribution in [0.25, 0.3) is 0 Å². The molecular weight excluding hydrogens is 452 g/mol. The summed E-state index contributed by atoms with van der Waals surface area (Å²) in [6, 6.07) is 0. The Morgan fingerprint density at radius 1 is 0.459 bits per heavy atom. The summed E-state index contributed by atoms with van der Waals surface area (Å²) in [5.74, 6) is -0.661. The minimum atomic E-state index is -0.661. The number of aliphatic carboxylic acids is 1. The lowest BCUT2D eigenvalue weighted by Gasteiger charge is -2.04. The Kier molecular flexibility index (Phi) is 30.8. The van der Waals surface area contributed by atoms with Crippen molar-refractivity contribution in [1.82, 2.24) is 0 Å². The van der Waals surface area contributed by atoms with Gasteiger partial charge in [-0.25, -0.2) is 0 Å². The molecule has 0 amide bonds. The Bertz CT molecular complexity index is 482. The summed E-state index contributed by atoms with van der Waals surface area (Å²) in [5.41, 5.74) is 1.53. The largest absolute Gasteiger partial charge is 0.481 e. The van der Waals surface area contributed by atoms with Gasteiger partial charge in [-0.3, -0.25) is 4.79 Å². The van der Waals surface area contributed by atoms with Crippen LogP contribution in [0.15, 0.2) is 11.6 Å². The molecule has 0 aliphatic rings. The first kappa shape index (κ1) is 36.2. The molecule has 0 saturated carbocycles. The zero-order chi connectivity index (χ0) is 27.1. The number of carboxylic acid groups (broad SMARTS) is 1. The van der Waals surface area contributed by atoms with Crippen molar-refractivity contribution in [2.45, 2.75) is 206 Å². The smallest absolute Gasteiger partial charge is 0.303 e. The molecule has 0 radical (unpaired) electrons. The third-order valence-electron chi connectivity index (χ3n) is 8.01. The van der Waals surface area contributed by atoms with Gasteiger partial charge in [-0.05, 0) is 39.0 Å². The fourth-order valence-electron chi connectivity index (χ4n) is 5.41. The second-order valence-electron chi connectivity index (χ2n) is 11.9. The van der Waals surface area contributed by atoms with Gasteiger partial charge in [0.1, 0.15) is 0 Å². The third-order valence-corrected chi connectivity index (χ3v) is 8.01. The number of rotatable bonds is 31. The molecule has 0 aromatic carbocycles. The number of hydrogen-bond acceptors (Lipinski definition) is 1. The summed E-state index contributed by atoms with van der Waals surface area (Å²) in [7, 11) is 0. The number of unbranched alkanes of at least 4 members (excludes halogenated alkanes) is 26. The van der Waals surface area contributed by atoms with Crippen molar-refractivity contribution in [3.63, 3.8) is 0 Å². The molecule has 220 valence electrons. The van der Waals surface area contributed by atoms with E-state index >= 15 is 0 Å². The van der Waals surface area contributed by atoms with E-state index in [1.807, 2.05) is 0 Å². The van der Waals surface area contributed by atoms with E-state index in [0.29, 0.717) is 6.42 Å². The molecule has 0 aromatic heterocycles. The Hall–Kier alpha value is -0.790. The van der Waals surface area contributed by atoms with Crippen LogP contribution < -0.4 is 0 Å². The maximum Gasteiger partial charge on any atom is 0.303 e. The molecule has 0 spiro atoms. The van der Waals surface area contributed by atoms with Crippen LogP contribution >= 0.6 is 0 Å². The van der Waals surface area contributed by atoms with E-state index in [9.17, 15) is 4.79 Å². The van der Waals surface area contributed by atoms with Crippen molar-refractivity contribution in [3.05, 3.63) is 11.6 Å². The number of carboxylic acids is 1. The molecule has 2 nitrogen and oxygen atoms in total. The first-order chi connectivity index (χ1) is 18.2. The van der Waals surface area contributed by atoms with Crippen molar-refractivity contribution in [2.75, 3.05) is 0 Å². The highest BCUT2D eigenvalue weighted by atomic mass is 16.4. The van der Waals surface area contributed by atoms with Crippen molar-refractivity contribution in [1.29, 1.82) is 0 Å². The van der Waals surface area contributed by atoms with Gasteiger partial charge in [0.25, 0.3) is 0 Å². The van der Waals surface area contributed by atoms with Crippen LogP contribution in [0.3, 0.4) is 0 Å². The van der Waals surface area contributed by atoms with Crippen molar-refractivity contribution in [3.8, 4) is 0 Å². The Morgan fingerprint density at radius 3 is 1.11 bits per heavy atom. The maximum atomic E-state index is 10.5. The summed E-state index contributed by atoms with van der Waals surface area (Å²) in [6.45, 7) is 4.56. The van der Waals surface area contributed by atoms with E-state index in [1.165, 1.54) is 173 Å². The van der Waals surface area contributed by atoms with E-state index in [0.717, 1.165) is 19.3 Å². The van der Waals surface area contributed by atoms with Crippen molar-refractivity contribution < 1.29 is 9.90 Å². The zero-order valence-electron chi connectivity index (χ0n) is 25.6. The summed E-state index contributed by atoms with van der Waals surface area (Å²) in [6.07, 6.45) is 42.8. The molecule has 0 unspecified atom stereocenters. The normalized spacial score (nSPS) is 11.9. The van der Waals surface area contributed by atoms with Gasteiger partial charge in [0.2, 0.25) is 0 Å². The second kappa shape index (κ2) is 31.4. The van der Waals surface area contributed by atoms with Crippen LogP contribution in [0.1, 0.15) is 206 Å². The second-order valence-corrected chi connectivity index (χ2v) is 11.9. The van der Waals surface area contributed by atoms with Gasteiger partial charge in [0, 0.05) is 6.42 Å². The third kappa shape index (κ3) is 33.2. The van der Waals surface area contributed by atoms with E-state index in [1.54, 1.807) is 0 Å². The predicted octanol–water partition coefficient (Wildman–Crippen LogP) is 12.7. The lowest BCUT2D eigenvalue weighted by molar-refractivity contribution is -0.137. The van der Waals surface area contributed by atoms with Crippen LogP contribution in [0, 0.1) is 0 Å². The highest BCUT2D eigenvalue weighted by Gasteiger charge is 1.98. The molecule has 0 saturated heterocycles. The molecule has 0 aromatic rings. The van der Waals surface area contributed by atoms with Gasteiger partial charge < -0.3 is 5.11 Å². The lowest BCUT2D eigenvalue weighted by atomic mass is 10.0. The number of allylic oxidation sites excluding steroid dienone is 2. The minimum absolute atomic E-state index is 0.328. The van der Waals surface area contributed by atoms with Crippen molar-refractivity contribution in [2.24, 2.45) is 0 Å². The zero-order valence-corrected chi connectivity index (χ0v) is 25.6. The van der Waals surface area contributed by atoms with Crippen LogP contribution in [-0.2, 0) is 4.79 Å². The minimum Gasteiger partial charge on any atom is -0.481 e. The van der Waals surface area contributed by atoms with E-state index < -0.39 is 5.97 Å². The Labute approximate surface area is 233 Å². The van der Waals surface area contributed by atoms with Crippen molar-refractivity contribution >= 4 is 5.97 Å². The molecule has 37 heavy (non-hydrogen) atoms. The van der Waals surface area contributed by atoms with Crippen LogP contribution in [0.2, 0.25) is 0 Å². The van der Waals surface area contributed by atoms with Gasteiger partial charge >= 0.3 is 5.97 Å². The standard InChI is InChI=1S/C35H68O2/c1-3-4-5-6-7-8-9-10-11-12-13-14-15-16-17-18-19-20-21-22-23-24-25-28-31-34(2)32-29-26-27-30-33-35(36)37/h31H,3-30,32-33H2,1-2H3,(H,36,37). The Morgan fingerprint density at radius 2 is 0.757 bits per heavy atom. The van der Waals surface area contributed by atoms with Crippen LogP contribution in [0.5, 0.6) is 0 Å². The van der Waals surface area contributed by atoms with Gasteiger partial charge in [0.05, 0.1) is 0 Å². The monoisotopic (exact) mass is 521 g/mol. The average Bonchev–Trinajstić information content (AvgIpc) is 2.88. The lowest BCUT2D eigenvalue weighted by Crippen LogP contribution is -1.93. The van der Waals surface area contributed by atoms with E-state index in [4.69, 9.17) is 5.11 Å². The van der Waals surface area contributed by atoms with Gasteiger partial charge in [0.15, 0.2) is 0 Å². The highest BCUT2D eigenvalue weighted by molar-refractivity contribution is 5.66. The molecular formula is C35H68O2. The average molecular weight is 521 g/mol. The Balaban J connectivity index is 3.16. The molecule has 1 N–H and O–H groups in total. The fourth-order valence-corrected chi connectivity index (χ4v) is 5.41. The fraction of sp³-hybridized carbons (Fsp3) is 0.914. The van der Waals surface area contributed by atoms with E-state index in [-0.39, 0.29) is 0 Å². The number of hydrogen-bond donors (Lipinski definition) is 1. The number of carbonyl (C=O) groups is 1. The molecule has 0 atom stereocenters.